The lowest BCUT2D eigenvalue weighted by molar-refractivity contribution is -0.115. The number of benzene rings is 1. The number of amides is 1. The van der Waals surface area contributed by atoms with Crippen molar-refractivity contribution < 1.29 is 4.79 Å². The highest BCUT2D eigenvalue weighted by atomic mass is 32.1. The van der Waals surface area contributed by atoms with Crippen LogP contribution in [0.15, 0.2) is 47.3 Å². The Hall–Kier alpha value is -2.40. The summed E-state index contributed by atoms with van der Waals surface area (Å²) in [6.45, 7) is 0. The molecule has 0 spiro atoms. The molecule has 0 aliphatic carbocycles. The van der Waals surface area contributed by atoms with Crippen molar-refractivity contribution >= 4 is 39.5 Å². The van der Waals surface area contributed by atoms with Crippen LogP contribution in [0.3, 0.4) is 0 Å². The topological polar surface area (TPSA) is 68.0 Å². The number of anilines is 2. The average Bonchev–Trinajstić information content (AvgIpc) is 2.95. The van der Waals surface area contributed by atoms with Gasteiger partial charge in [0.1, 0.15) is 0 Å². The Labute approximate surface area is 120 Å². The fourth-order valence-electron chi connectivity index (χ4n) is 2.08. The Bertz CT molecular complexity index is 753. The Balaban J connectivity index is 1.87. The third-order valence-electron chi connectivity index (χ3n) is 3.02. The molecule has 5 heteroatoms. The standard InChI is InChI=1S/C15H13N3OS/c16-12-3-4-13(11-2-1-6-17-15(11)12)18-14(19)8-10-5-7-20-9-10/h1-7,9H,8,16H2,(H,18,19). The van der Waals surface area contributed by atoms with Crippen molar-refractivity contribution in [2.24, 2.45) is 0 Å². The smallest absolute Gasteiger partial charge is 0.228 e. The number of hydrogen-bond donors (Lipinski definition) is 2. The number of pyridine rings is 1. The van der Waals surface area contributed by atoms with Gasteiger partial charge < -0.3 is 11.1 Å². The van der Waals surface area contributed by atoms with Crippen molar-refractivity contribution in [1.82, 2.24) is 4.98 Å². The number of nitrogen functional groups attached to an aromatic ring is 1. The van der Waals surface area contributed by atoms with Gasteiger partial charge in [-0.3, -0.25) is 9.78 Å². The molecule has 0 aliphatic rings. The van der Waals surface area contributed by atoms with Gasteiger partial charge in [-0.05, 0) is 46.7 Å². The summed E-state index contributed by atoms with van der Waals surface area (Å²) in [6, 6.07) is 9.25. The van der Waals surface area contributed by atoms with E-state index < -0.39 is 0 Å². The predicted molar refractivity (Wildman–Crippen MR) is 82.8 cm³/mol. The van der Waals surface area contributed by atoms with E-state index in [1.165, 1.54) is 0 Å². The van der Waals surface area contributed by atoms with Crippen LogP contribution >= 0.6 is 11.3 Å². The minimum Gasteiger partial charge on any atom is -0.397 e. The Morgan fingerprint density at radius 3 is 3.00 bits per heavy atom. The van der Waals surface area contributed by atoms with Gasteiger partial charge in [-0.15, -0.1) is 0 Å². The van der Waals surface area contributed by atoms with Crippen LogP contribution in [-0.4, -0.2) is 10.9 Å². The maximum Gasteiger partial charge on any atom is 0.228 e. The second-order valence-corrected chi connectivity index (χ2v) is 5.24. The minimum absolute atomic E-state index is 0.0432. The molecule has 3 aromatic rings. The van der Waals surface area contributed by atoms with Crippen molar-refractivity contribution in [1.29, 1.82) is 0 Å². The number of nitrogens with two attached hydrogens (primary N) is 1. The highest BCUT2D eigenvalue weighted by molar-refractivity contribution is 7.08. The Morgan fingerprint density at radius 1 is 1.30 bits per heavy atom. The quantitative estimate of drug-likeness (QED) is 0.726. The van der Waals surface area contributed by atoms with Gasteiger partial charge in [0.25, 0.3) is 0 Å². The second kappa shape index (κ2) is 5.30. The molecule has 3 N–H and O–H groups in total. The summed E-state index contributed by atoms with van der Waals surface area (Å²) in [5, 5.41) is 7.71. The molecule has 4 nitrogen and oxygen atoms in total. The SMILES string of the molecule is Nc1ccc(NC(=O)Cc2ccsc2)c2cccnc12. The van der Waals surface area contributed by atoms with Crippen LogP contribution in [0.25, 0.3) is 10.9 Å². The van der Waals surface area contributed by atoms with Crippen LogP contribution in [-0.2, 0) is 11.2 Å². The van der Waals surface area contributed by atoms with Gasteiger partial charge in [-0.1, -0.05) is 0 Å². The fraction of sp³-hybridized carbons (Fsp3) is 0.0667. The van der Waals surface area contributed by atoms with Crippen molar-refractivity contribution in [3.8, 4) is 0 Å². The summed E-state index contributed by atoms with van der Waals surface area (Å²) in [7, 11) is 0. The maximum absolute atomic E-state index is 12.1. The second-order valence-electron chi connectivity index (χ2n) is 4.46. The normalized spacial score (nSPS) is 10.6. The lowest BCUT2D eigenvalue weighted by atomic mass is 10.1. The van der Waals surface area contributed by atoms with E-state index in [9.17, 15) is 4.79 Å². The third-order valence-corrected chi connectivity index (χ3v) is 3.75. The van der Waals surface area contributed by atoms with Crippen LogP contribution in [0.5, 0.6) is 0 Å². The summed E-state index contributed by atoms with van der Waals surface area (Å²) in [4.78, 5) is 16.3. The first-order valence-electron chi connectivity index (χ1n) is 6.18. The number of hydrogen-bond acceptors (Lipinski definition) is 4. The van der Waals surface area contributed by atoms with Crippen LogP contribution in [0, 0.1) is 0 Å². The summed E-state index contributed by atoms with van der Waals surface area (Å²) in [5.74, 6) is -0.0432. The van der Waals surface area contributed by atoms with E-state index in [-0.39, 0.29) is 5.91 Å². The van der Waals surface area contributed by atoms with Gasteiger partial charge in [0, 0.05) is 11.6 Å². The van der Waals surface area contributed by atoms with E-state index in [0.717, 1.165) is 16.6 Å². The molecular formula is C15H13N3OS. The van der Waals surface area contributed by atoms with Gasteiger partial charge in [-0.25, -0.2) is 0 Å². The lowest BCUT2D eigenvalue weighted by Crippen LogP contribution is -2.14. The van der Waals surface area contributed by atoms with Crippen LogP contribution in [0.2, 0.25) is 0 Å². The summed E-state index contributed by atoms with van der Waals surface area (Å²) >= 11 is 1.59. The zero-order valence-electron chi connectivity index (χ0n) is 10.7. The number of nitrogens with zero attached hydrogens (tertiary/aromatic N) is 1. The van der Waals surface area contributed by atoms with E-state index in [0.29, 0.717) is 17.6 Å². The molecule has 0 fully saturated rings. The molecular weight excluding hydrogens is 270 g/mol. The predicted octanol–water partition coefficient (Wildman–Crippen LogP) is 3.06. The van der Waals surface area contributed by atoms with Crippen molar-refractivity contribution in [3.05, 3.63) is 52.9 Å². The van der Waals surface area contributed by atoms with Crippen LogP contribution < -0.4 is 11.1 Å². The first-order valence-corrected chi connectivity index (χ1v) is 7.12. The molecule has 2 heterocycles. The number of nitrogens with one attached hydrogen (secondary N) is 1. The summed E-state index contributed by atoms with van der Waals surface area (Å²) in [6.07, 6.45) is 2.06. The number of carbonyl (C=O) groups excluding carboxylic acids is 1. The molecule has 0 saturated carbocycles. The van der Waals surface area contributed by atoms with Gasteiger partial charge >= 0.3 is 0 Å². The van der Waals surface area contributed by atoms with E-state index in [1.807, 2.05) is 35.0 Å². The molecule has 20 heavy (non-hydrogen) atoms. The number of rotatable bonds is 3. The highest BCUT2D eigenvalue weighted by Crippen LogP contribution is 2.26. The highest BCUT2D eigenvalue weighted by Gasteiger charge is 2.09. The molecule has 2 aromatic heterocycles. The monoisotopic (exact) mass is 283 g/mol. The maximum atomic E-state index is 12.1. The minimum atomic E-state index is -0.0432. The molecule has 3 rings (SSSR count). The molecule has 0 atom stereocenters. The van der Waals surface area contributed by atoms with Crippen LogP contribution in [0.4, 0.5) is 11.4 Å². The molecule has 0 unspecified atom stereocenters. The molecule has 0 radical (unpaired) electrons. The number of thiophene rings is 1. The summed E-state index contributed by atoms with van der Waals surface area (Å²) < 4.78 is 0. The first kappa shape index (κ1) is 12.6. The molecule has 100 valence electrons. The largest absolute Gasteiger partial charge is 0.397 e. The van der Waals surface area contributed by atoms with E-state index >= 15 is 0 Å². The third kappa shape index (κ3) is 2.48. The van der Waals surface area contributed by atoms with E-state index in [4.69, 9.17) is 5.73 Å². The fourth-order valence-corrected chi connectivity index (χ4v) is 2.75. The summed E-state index contributed by atoms with van der Waals surface area (Å²) in [5.41, 5.74) is 8.97. The molecule has 0 aliphatic heterocycles. The van der Waals surface area contributed by atoms with Gasteiger partial charge in [-0.2, -0.15) is 11.3 Å². The zero-order valence-corrected chi connectivity index (χ0v) is 11.5. The van der Waals surface area contributed by atoms with Crippen molar-refractivity contribution in [3.63, 3.8) is 0 Å². The zero-order chi connectivity index (χ0) is 13.9. The molecule has 0 saturated heterocycles. The number of aromatic nitrogens is 1. The Morgan fingerprint density at radius 2 is 2.20 bits per heavy atom. The van der Waals surface area contributed by atoms with Gasteiger partial charge in [0.15, 0.2) is 0 Å². The molecule has 0 bridgehead atoms. The van der Waals surface area contributed by atoms with Gasteiger partial charge in [0.05, 0.1) is 23.3 Å². The molecule has 1 amide bonds. The van der Waals surface area contributed by atoms with Crippen molar-refractivity contribution in [2.75, 3.05) is 11.1 Å². The first-order chi connectivity index (χ1) is 9.74. The lowest BCUT2D eigenvalue weighted by Gasteiger charge is -2.09. The van der Waals surface area contributed by atoms with E-state index in [2.05, 4.69) is 10.3 Å². The average molecular weight is 283 g/mol. The number of fused-ring (bicyclic) bond motifs is 1. The van der Waals surface area contributed by atoms with Crippen LogP contribution in [0.1, 0.15) is 5.56 Å². The Kier molecular flexibility index (Phi) is 3.35. The molecule has 1 aromatic carbocycles. The van der Waals surface area contributed by atoms with E-state index in [1.54, 1.807) is 23.6 Å². The van der Waals surface area contributed by atoms with Gasteiger partial charge in [0.2, 0.25) is 5.91 Å². The van der Waals surface area contributed by atoms with Crippen molar-refractivity contribution in [2.45, 2.75) is 6.42 Å². The number of carbonyl (C=O) groups is 1.